The summed E-state index contributed by atoms with van der Waals surface area (Å²) < 4.78 is 5.47. The van der Waals surface area contributed by atoms with E-state index in [9.17, 15) is 9.59 Å². The second kappa shape index (κ2) is 11.3. The molecule has 0 bridgehead atoms. The lowest BCUT2D eigenvalue weighted by Crippen LogP contribution is -2.47. The normalized spacial score (nSPS) is 21.5. The van der Waals surface area contributed by atoms with Crippen LogP contribution in [-0.2, 0) is 14.3 Å². The van der Waals surface area contributed by atoms with E-state index in [1.807, 2.05) is 16.3 Å². The van der Waals surface area contributed by atoms with Crippen molar-refractivity contribution in [1.29, 1.82) is 0 Å². The molecule has 0 aromatic carbocycles. The first-order valence-corrected chi connectivity index (χ1v) is 14.4. The first-order valence-electron chi connectivity index (χ1n) is 12.7. The van der Waals surface area contributed by atoms with Crippen molar-refractivity contribution in [1.82, 2.24) is 14.8 Å². The second-order valence-electron chi connectivity index (χ2n) is 9.65. The Morgan fingerprint density at radius 1 is 1.14 bits per heavy atom. The van der Waals surface area contributed by atoms with Gasteiger partial charge in [-0.2, -0.15) is 5.10 Å². The van der Waals surface area contributed by atoms with Gasteiger partial charge in [-0.1, -0.05) is 18.9 Å². The number of morpholine rings is 1. The van der Waals surface area contributed by atoms with Crippen molar-refractivity contribution >= 4 is 40.2 Å². The van der Waals surface area contributed by atoms with Crippen LogP contribution >= 0.6 is 22.7 Å². The Morgan fingerprint density at radius 2 is 1.94 bits per heavy atom. The summed E-state index contributed by atoms with van der Waals surface area (Å²) >= 11 is 3.33. The predicted molar refractivity (Wildman–Crippen MR) is 140 cm³/mol. The van der Waals surface area contributed by atoms with E-state index in [1.54, 1.807) is 27.7 Å². The molecule has 1 saturated heterocycles. The summed E-state index contributed by atoms with van der Waals surface area (Å²) in [5.41, 5.74) is 2.14. The summed E-state index contributed by atoms with van der Waals surface area (Å²) in [6.45, 7) is 6.72. The molecule has 7 nitrogen and oxygen atoms in total. The monoisotopic (exact) mass is 514 g/mol. The van der Waals surface area contributed by atoms with Gasteiger partial charge >= 0.3 is 0 Å². The zero-order valence-electron chi connectivity index (χ0n) is 20.4. The van der Waals surface area contributed by atoms with Crippen LogP contribution in [0.5, 0.6) is 0 Å². The maximum absolute atomic E-state index is 13.8. The lowest BCUT2D eigenvalue weighted by Gasteiger charge is -2.32. The molecular formula is C26H34N4O3S2. The summed E-state index contributed by atoms with van der Waals surface area (Å²) in [7, 11) is 0. The van der Waals surface area contributed by atoms with Crippen molar-refractivity contribution in [3.05, 3.63) is 44.3 Å². The van der Waals surface area contributed by atoms with Crippen molar-refractivity contribution in [3.8, 4) is 0 Å². The van der Waals surface area contributed by atoms with E-state index in [-0.39, 0.29) is 30.3 Å². The SMILES string of the molecule is Cc1ccsc1C1CC(c2cccs2)=NN1C(=O)CN(CCN1CCOCC1)C(=O)C1CCCC1. The fourth-order valence-electron chi connectivity index (χ4n) is 5.28. The van der Waals surface area contributed by atoms with Crippen LogP contribution in [0.2, 0.25) is 0 Å². The van der Waals surface area contributed by atoms with Gasteiger partial charge in [-0.15, -0.1) is 22.7 Å². The summed E-state index contributed by atoms with van der Waals surface area (Å²) in [5, 5.41) is 10.6. The van der Waals surface area contributed by atoms with Crippen molar-refractivity contribution in [2.45, 2.75) is 45.1 Å². The van der Waals surface area contributed by atoms with Crippen LogP contribution in [-0.4, -0.2) is 78.3 Å². The molecule has 1 atom stereocenters. The zero-order valence-corrected chi connectivity index (χ0v) is 22.0. The summed E-state index contributed by atoms with van der Waals surface area (Å²) in [6, 6.07) is 6.08. The number of thiophene rings is 2. The Morgan fingerprint density at radius 3 is 2.63 bits per heavy atom. The number of hydrogen-bond donors (Lipinski definition) is 0. The summed E-state index contributed by atoms with van der Waals surface area (Å²) in [5.74, 6) is 0.0869. The van der Waals surface area contributed by atoms with Gasteiger partial charge in [0.15, 0.2) is 0 Å². The standard InChI is InChI=1S/C26H34N4O3S2/c1-19-8-16-35-25(19)22-17-21(23-7-4-15-34-23)27-30(22)24(31)18-29(26(32)20-5-2-3-6-20)10-9-28-11-13-33-14-12-28/h4,7-8,15-16,20,22H,2-3,5-6,9-14,17-18H2,1H3. The second-order valence-corrected chi connectivity index (χ2v) is 11.5. The van der Waals surface area contributed by atoms with Crippen molar-refractivity contribution in [3.63, 3.8) is 0 Å². The molecule has 5 rings (SSSR count). The van der Waals surface area contributed by atoms with Crippen LogP contribution in [0.15, 0.2) is 34.1 Å². The van der Waals surface area contributed by atoms with Gasteiger partial charge in [0.05, 0.1) is 29.8 Å². The minimum atomic E-state index is -0.109. The Balaban J connectivity index is 1.34. The van der Waals surface area contributed by atoms with E-state index in [0.29, 0.717) is 13.0 Å². The maximum atomic E-state index is 13.8. The molecule has 188 valence electrons. The average molecular weight is 515 g/mol. The molecule has 1 unspecified atom stereocenters. The quantitative estimate of drug-likeness (QED) is 0.531. The van der Waals surface area contributed by atoms with Crippen LogP contribution in [0, 0.1) is 12.8 Å². The first kappa shape index (κ1) is 24.6. The number of carbonyl (C=O) groups excluding carboxylic acids is 2. The fourth-order valence-corrected chi connectivity index (χ4v) is 7.02. The predicted octanol–water partition coefficient (Wildman–Crippen LogP) is 4.15. The van der Waals surface area contributed by atoms with Crippen molar-refractivity contribution in [2.75, 3.05) is 45.9 Å². The number of amides is 2. The number of aryl methyl sites for hydroxylation is 1. The van der Waals surface area contributed by atoms with Crippen LogP contribution < -0.4 is 0 Å². The van der Waals surface area contributed by atoms with Gasteiger partial charge in [0, 0.05) is 43.4 Å². The van der Waals surface area contributed by atoms with Crippen LogP contribution in [0.1, 0.15) is 53.5 Å². The number of carbonyl (C=O) groups is 2. The Bertz CT molecular complexity index is 1040. The molecule has 0 spiro atoms. The molecule has 2 aromatic rings. The minimum Gasteiger partial charge on any atom is -0.379 e. The van der Waals surface area contributed by atoms with E-state index in [2.05, 4.69) is 29.3 Å². The lowest BCUT2D eigenvalue weighted by atomic mass is 10.1. The highest BCUT2D eigenvalue weighted by Crippen LogP contribution is 2.38. The average Bonchev–Trinajstić information content (AvgIpc) is 3.68. The number of ether oxygens (including phenoxy) is 1. The third kappa shape index (κ3) is 5.69. The van der Waals surface area contributed by atoms with Gasteiger partial charge < -0.3 is 9.64 Å². The highest BCUT2D eigenvalue weighted by Gasteiger charge is 2.37. The largest absolute Gasteiger partial charge is 0.379 e. The molecule has 1 saturated carbocycles. The third-order valence-corrected chi connectivity index (χ3v) is 9.35. The molecule has 2 aromatic heterocycles. The minimum absolute atomic E-state index is 0.0478. The molecular weight excluding hydrogens is 480 g/mol. The van der Waals surface area contributed by atoms with Gasteiger partial charge in [-0.3, -0.25) is 14.5 Å². The van der Waals surface area contributed by atoms with E-state index >= 15 is 0 Å². The third-order valence-electron chi connectivity index (χ3n) is 7.31. The summed E-state index contributed by atoms with van der Waals surface area (Å²) in [4.78, 5) is 33.6. The number of hydrogen-bond acceptors (Lipinski definition) is 7. The number of rotatable bonds is 8. The molecule has 2 aliphatic heterocycles. The van der Waals surface area contributed by atoms with Gasteiger partial charge in [0.25, 0.3) is 5.91 Å². The molecule has 0 N–H and O–H groups in total. The zero-order chi connectivity index (χ0) is 24.2. The Labute approximate surface area is 215 Å². The van der Waals surface area contributed by atoms with Gasteiger partial charge in [0.2, 0.25) is 5.91 Å². The molecule has 35 heavy (non-hydrogen) atoms. The van der Waals surface area contributed by atoms with Gasteiger partial charge in [0.1, 0.15) is 6.54 Å². The summed E-state index contributed by atoms with van der Waals surface area (Å²) in [6.07, 6.45) is 4.77. The van der Waals surface area contributed by atoms with Crippen molar-refractivity contribution in [2.24, 2.45) is 11.0 Å². The highest BCUT2D eigenvalue weighted by molar-refractivity contribution is 7.12. The number of hydrazone groups is 1. The van der Waals surface area contributed by atoms with Crippen LogP contribution in [0.25, 0.3) is 0 Å². The van der Waals surface area contributed by atoms with Gasteiger partial charge in [-0.25, -0.2) is 5.01 Å². The van der Waals surface area contributed by atoms with E-state index in [4.69, 9.17) is 9.84 Å². The molecule has 4 heterocycles. The van der Waals surface area contributed by atoms with Crippen LogP contribution in [0.3, 0.4) is 0 Å². The van der Waals surface area contributed by atoms with E-state index in [1.165, 1.54) is 10.4 Å². The van der Waals surface area contributed by atoms with E-state index in [0.717, 1.165) is 69.1 Å². The first-order chi connectivity index (χ1) is 17.1. The Kier molecular flexibility index (Phi) is 7.97. The van der Waals surface area contributed by atoms with Crippen molar-refractivity contribution < 1.29 is 14.3 Å². The number of nitrogens with zero attached hydrogens (tertiary/aromatic N) is 4. The molecule has 9 heteroatoms. The fraction of sp³-hybridized carbons (Fsp3) is 0.577. The smallest absolute Gasteiger partial charge is 0.262 e. The molecule has 2 fully saturated rings. The molecule has 0 radical (unpaired) electrons. The maximum Gasteiger partial charge on any atom is 0.262 e. The molecule has 2 amide bonds. The highest BCUT2D eigenvalue weighted by atomic mass is 32.1. The topological polar surface area (TPSA) is 65.5 Å². The Hall–Kier alpha value is -2.07. The van der Waals surface area contributed by atoms with Gasteiger partial charge in [-0.05, 0) is 48.2 Å². The molecule has 1 aliphatic carbocycles. The van der Waals surface area contributed by atoms with E-state index < -0.39 is 0 Å². The lowest BCUT2D eigenvalue weighted by molar-refractivity contribution is -0.144. The molecule has 3 aliphatic rings. The van der Waals surface area contributed by atoms with Crippen LogP contribution in [0.4, 0.5) is 0 Å².